The van der Waals surface area contributed by atoms with Crippen molar-refractivity contribution >= 4 is 11.9 Å². The molecule has 1 aromatic rings. The summed E-state index contributed by atoms with van der Waals surface area (Å²) in [4.78, 5) is 14.9. The van der Waals surface area contributed by atoms with Crippen molar-refractivity contribution < 1.29 is 4.74 Å². The van der Waals surface area contributed by atoms with E-state index in [1.165, 1.54) is 25.9 Å². The first-order valence-corrected chi connectivity index (χ1v) is 7.56. The van der Waals surface area contributed by atoms with Crippen molar-refractivity contribution in [3.63, 3.8) is 0 Å². The fourth-order valence-electron chi connectivity index (χ4n) is 2.44. The van der Waals surface area contributed by atoms with Crippen LogP contribution in [0.4, 0.5) is 11.9 Å². The minimum absolute atomic E-state index is 0.281. The third-order valence-electron chi connectivity index (χ3n) is 3.72. The van der Waals surface area contributed by atoms with Crippen molar-refractivity contribution in [1.29, 1.82) is 0 Å². The van der Waals surface area contributed by atoms with Gasteiger partial charge in [-0.2, -0.15) is 15.0 Å². The average molecular weight is 295 g/mol. The highest BCUT2D eigenvalue weighted by molar-refractivity contribution is 5.34. The van der Waals surface area contributed by atoms with E-state index in [0.717, 1.165) is 13.1 Å². The third kappa shape index (κ3) is 4.68. The van der Waals surface area contributed by atoms with E-state index in [9.17, 15) is 0 Å². The minimum atomic E-state index is 0.281. The van der Waals surface area contributed by atoms with Crippen LogP contribution in [-0.4, -0.2) is 52.6 Å². The molecule has 0 unspecified atom stereocenters. The Hall–Kier alpha value is -1.67. The van der Waals surface area contributed by atoms with E-state index < -0.39 is 0 Å². The number of nitrogens with one attached hydrogen (secondary N) is 2. The summed E-state index contributed by atoms with van der Waals surface area (Å²) in [5, 5.41) is 3.26. The summed E-state index contributed by atoms with van der Waals surface area (Å²) >= 11 is 0. The van der Waals surface area contributed by atoms with Gasteiger partial charge in [0.15, 0.2) is 0 Å². The Morgan fingerprint density at radius 1 is 1.19 bits per heavy atom. The van der Waals surface area contributed by atoms with Gasteiger partial charge in [-0.05, 0) is 45.3 Å². The number of ether oxygens (including phenoxy) is 1. The quantitative estimate of drug-likeness (QED) is 0.499. The molecule has 21 heavy (non-hydrogen) atoms. The van der Waals surface area contributed by atoms with Crippen molar-refractivity contribution in [3.05, 3.63) is 0 Å². The standard InChI is InChI=1S/C13H25N7O/c1-3-20-7-5-10(6-8-20)9-15-11-16-12(19-14)18-13(17-11)21-4-2/h10H,3-9,14H2,1-2H3,(H2,15,16,17,18,19). The zero-order valence-corrected chi connectivity index (χ0v) is 12.8. The molecule has 118 valence electrons. The molecule has 0 aliphatic carbocycles. The van der Waals surface area contributed by atoms with Gasteiger partial charge in [-0.3, -0.25) is 5.43 Å². The number of piperidine rings is 1. The van der Waals surface area contributed by atoms with Crippen molar-refractivity contribution in [1.82, 2.24) is 19.9 Å². The molecule has 0 saturated carbocycles. The van der Waals surface area contributed by atoms with E-state index in [2.05, 4.69) is 37.5 Å². The topological polar surface area (TPSA) is 101 Å². The van der Waals surface area contributed by atoms with Crippen LogP contribution >= 0.6 is 0 Å². The Balaban J connectivity index is 1.89. The number of nitrogens with zero attached hydrogens (tertiary/aromatic N) is 4. The van der Waals surface area contributed by atoms with Crippen LogP contribution in [0.25, 0.3) is 0 Å². The van der Waals surface area contributed by atoms with Gasteiger partial charge in [0.1, 0.15) is 0 Å². The normalized spacial score (nSPS) is 16.7. The van der Waals surface area contributed by atoms with E-state index in [1.807, 2.05) is 6.92 Å². The summed E-state index contributed by atoms with van der Waals surface area (Å²) in [5.41, 5.74) is 2.43. The Labute approximate surface area is 125 Å². The molecule has 1 saturated heterocycles. The van der Waals surface area contributed by atoms with E-state index in [4.69, 9.17) is 10.6 Å². The zero-order valence-electron chi connectivity index (χ0n) is 12.8. The average Bonchev–Trinajstić information content (AvgIpc) is 2.53. The van der Waals surface area contributed by atoms with Gasteiger partial charge < -0.3 is 15.0 Å². The highest BCUT2D eigenvalue weighted by Crippen LogP contribution is 2.18. The Morgan fingerprint density at radius 2 is 1.90 bits per heavy atom. The van der Waals surface area contributed by atoms with Crippen molar-refractivity contribution in [2.45, 2.75) is 26.7 Å². The molecule has 0 radical (unpaired) electrons. The van der Waals surface area contributed by atoms with Crippen LogP contribution in [0.1, 0.15) is 26.7 Å². The predicted molar refractivity (Wildman–Crippen MR) is 82.1 cm³/mol. The molecule has 0 spiro atoms. The van der Waals surface area contributed by atoms with Crippen LogP contribution in [0.5, 0.6) is 6.01 Å². The molecule has 8 nitrogen and oxygen atoms in total. The molecule has 2 rings (SSSR count). The molecule has 2 heterocycles. The van der Waals surface area contributed by atoms with Crippen LogP contribution in [0, 0.1) is 5.92 Å². The molecular weight excluding hydrogens is 270 g/mol. The van der Waals surface area contributed by atoms with Crippen molar-refractivity contribution in [2.24, 2.45) is 11.8 Å². The maximum Gasteiger partial charge on any atom is 0.323 e. The smallest absolute Gasteiger partial charge is 0.323 e. The second-order valence-electron chi connectivity index (χ2n) is 5.10. The minimum Gasteiger partial charge on any atom is -0.464 e. The monoisotopic (exact) mass is 295 g/mol. The van der Waals surface area contributed by atoms with E-state index in [1.54, 1.807) is 0 Å². The predicted octanol–water partition coefficient (Wildman–Crippen LogP) is 0.700. The molecule has 1 aliphatic rings. The highest BCUT2D eigenvalue weighted by atomic mass is 16.5. The van der Waals surface area contributed by atoms with Crippen molar-refractivity contribution in [2.75, 3.05) is 43.5 Å². The Bertz CT molecular complexity index is 435. The molecule has 8 heteroatoms. The molecule has 0 bridgehead atoms. The second kappa shape index (κ2) is 7.94. The van der Waals surface area contributed by atoms with Gasteiger partial charge in [0.25, 0.3) is 0 Å². The number of likely N-dealkylation sites (tertiary alicyclic amines) is 1. The maximum absolute atomic E-state index is 5.36. The molecule has 1 fully saturated rings. The van der Waals surface area contributed by atoms with E-state index >= 15 is 0 Å². The van der Waals surface area contributed by atoms with Crippen LogP contribution in [0.15, 0.2) is 0 Å². The lowest BCUT2D eigenvalue weighted by Gasteiger charge is -2.31. The van der Waals surface area contributed by atoms with Crippen molar-refractivity contribution in [3.8, 4) is 6.01 Å². The molecule has 4 N–H and O–H groups in total. The fourth-order valence-corrected chi connectivity index (χ4v) is 2.44. The summed E-state index contributed by atoms with van der Waals surface area (Å²) in [6.45, 7) is 8.92. The number of rotatable bonds is 7. The lowest BCUT2D eigenvalue weighted by Crippen LogP contribution is -2.35. The largest absolute Gasteiger partial charge is 0.464 e. The lowest BCUT2D eigenvalue weighted by molar-refractivity contribution is 0.198. The number of nitrogen functional groups attached to an aromatic ring is 1. The fraction of sp³-hybridized carbons (Fsp3) is 0.769. The van der Waals surface area contributed by atoms with E-state index in [-0.39, 0.29) is 6.01 Å². The van der Waals surface area contributed by atoms with Crippen LogP contribution in [0.2, 0.25) is 0 Å². The number of hydrogen-bond acceptors (Lipinski definition) is 8. The summed E-state index contributed by atoms with van der Waals surface area (Å²) in [7, 11) is 0. The molecule has 0 atom stereocenters. The number of hydrogen-bond donors (Lipinski definition) is 3. The summed E-state index contributed by atoms with van der Waals surface area (Å²) in [6, 6.07) is 0.281. The first kappa shape index (κ1) is 15.7. The first-order valence-electron chi connectivity index (χ1n) is 7.56. The SMILES string of the molecule is CCOc1nc(NN)nc(NCC2CCN(CC)CC2)n1. The molecule has 0 amide bonds. The summed E-state index contributed by atoms with van der Waals surface area (Å²) in [5.74, 6) is 6.81. The molecule has 0 aromatic carbocycles. The number of nitrogens with two attached hydrogens (primary N) is 1. The van der Waals surface area contributed by atoms with Crippen LogP contribution in [-0.2, 0) is 0 Å². The van der Waals surface area contributed by atoms with Crippen LogP contribution in [0.3, 0.4) is 0 Å². The number of anilines is 2. The number of hydrazine groups is 1. The Kier molecular flexibility index (Phi) is 5.94. The van der Waals surface area contributed by atoms with Gasteiger partial charge in [-0.15, -0.1) is 0 Å². The van der Waals surface area contributed by atoms with Gasteiger partial charge in [-0.25, -0.2) is 5.84 Å². The third-order valence-corrected chi connectivity index (χ3v) is 3.72. The second-order valence-corrected chi connectivity index (χ2v) is 5.10. The number of aromatic nitrogens is 3. The zero-order chi connectivity index (χ0) is 15.1. The maximum atomic E-state index is 5.36. The highest BCUT2D eigenvalue weighted by Gasteiger charge is 2.18. The first-order chi connectivity index (χ1) is 10.2. The van der Waals surface area contributed by atoms with Gasteiger partial charge in [0.2, 0.25) is 11.9 Å². The van der Waals surface area contributed by atoms with Gasteiger partial charge in [0.05, 0.1) is 6.61 Å². The summed E-state index contributed by atoms with van der Waals surface area (Å²) < 4.78 is 5.30. The molecule has 1 aromatic heterocycles. The van der Waals surface area contributed by atoms with Gasteiger partial charge in [-0.1, -0.05) is 6.92 Å². The van der Waals surface area contributed by atoms with Gasteiger partial charge >= 0.3 is 6.01 Å². The van der Waals surface area contributed by atoms with Crippen LogP contribution < -0.4 is 21.3 Å². The Morgan fingerprint density at radius 3 is 2.52 bits per heavy atom. The molecule has 1 aliphatic heterocycles. The van der Waals surface area contributed by atoms with E-state index in [0.29, 0.717) is 24.4 Å². The van der Waals surface area contributed by atoms with Gasteiger partial charge in [0, 0.05) is 6.54 Å². The summed E-state index contributed by atoms with van der Waals surface area (Å²) in [6.07, 6.45) is 2.40. The lowest BCUT2D eigenvalue weighted by atomic mass is 9.97. The molecular formula is C13H25N7O.